The van der Waals surface area contributed by atoms with E-state index in [2.05, 4.69) is 10.0 Å². The van der Waals surface area contributed by atoms with E-state index in [9.17, 15) is 8.42 Å². The van der Waals surface area contributed by atoms with Gasteiger partial charge in [-0.05, 0) is 25.8 Å². The summed E-state index contributed by atoms with van der Waals surface area (Å²) in [5.41, 5.74) is 0. The zero-order chi connectivity index (χ0) is 11.3. The molecule has 0 bridgehead atoms. The Morgan fingerprint density at radius 2 is 2.27 bits per heavy atom. The fourth-order valence-electron chi connectivity index (χ4n) is 1.69. The highest BCUT2D eigenvalue weighted by atomic mass is 32.2. The molecule has 1 rings (SSSR count). The Morgan fingerprint density at radius 1 is 1.53 bits per heavy atom. The summed E-state index contributed by atoms with van der Waals surface area (Å²) in [7, 11) is -1.67. The van der Waals surface area contributed by atoms with Gasteiger partial charge in [0.05, 0.1) is 0 Å². The molecular formula is C9H21N3O2S. The molecule has 1 heterocycles. The zero-order valence-corrected chi connectivity index (χ0v) is 10.3. The lowest BCUT2D eigenvalue weighted by atomic mass is 10.1. The van der Waals surface area contributed by atoms with E-state index in [0.717, 1.165) is 32.4 Å². The van der Waals surface area contributed by atoms with Crippen molar-refractivity contribution in [1.82, 2.24) is 14.3 Å². The number of rotatable bonds is 5. The highest BCUT2D eigenvalue weighted by Crippen LogP contribution is 2.05. The van der Waals surface area contributed by atoms with Crippen LogP contribution >= 0.6 is 0 Å². The van der Waals surface area contributed by atoms with E-state index in [-0.39, 0.29) is 6.04 Å². The van der Waals surface area contributed by atoms with Gasteiger partial charge in [-0.15, -0.1) is 0 Å². The lowest BCUT2D eigenvalue weighted by Gasteiger charge is -2.26. The molecule has 0 saturated carbocycles. The maximum atomic E-state index is 11.8. The minimum Gasteiger partial charge on any atom is -0.315 e. The predicted octanol–water partition coefficient (Wildman–Crippen LogP) is -0.0854. The molecule has 0 unspecified atom stereocenters. The van der Waals surface area contributed by atoms with Gasteiger partial charge < -0.3 is 5.32 Å². The fraction of sp³-hybridized carbons (Fsp3) is 1.00. The third-order valence-corrected chi connectivity index (χ3v) is 4.20. The molecule has 1 atom stereocenters. The van der Waals surface area contributed by atoms with Gasteiger partial charge in [-0.3, -0.25) is 0 Å². The molecule has 1 aliphatic heterocycles. The van der Waals surface area contributed by atoms with E-state index in [1.807, 2.05) is 6.92 Å². The van der Waals surface area contributed by atoms with Gasteiger partial charge in [0.2, 0.25) is 0 Å². The Balaban J connectivity index is 2.47. The minimum absolute atomic E-state index is 0.0445. The highest BCUT2D eigenvalue weighted by Gasteiger charge is 2.22. The average Bonchev–Trinajstić information content (AvgIpc) is 2.19. The van der Waals surface area contributed by atoms with Gasteiger partial charge in [0.15, 0.2) is 0 Å². The van der Waals surface area contributed by atoms with Crippen LogP contribution in [-0.2, 0) is 10.2 Å². The number of nitrogens with one attached hydrogen (secondary N) is 2. The first-order valence-electron chi connectivity index (χ1n) is 5.50. The molecular weight excluding hydrogens is 214 g/mol. The normalized spacial score (nSPS) is 23.3. The molecule has 1 fully saturated rings. The Hall–Kier alpha value is -0.170. The second-order valence-electron chi connectivity index (χ2n) is 3.99. The minimum atomic E-state index is -3.28. The van der Waals surface area contributed by atoms with Crippen LogP contribution in [0.4, 0.5) is 0 Å². The lowest BCUT2D eigenvalue weighted by molar-refractivity contribution is 0.402. The maximum Gasteiger partial charge on any atom is 0.279 e. The molecule has 15 heavy (non-hydrogen) atoms. The van der Waals surface area contributed by atoms with Crippen LogP contribution in [0.25, 0.3) is 0 Å². The van der Waals surface area contributed by atoms with E-state index in [1.165, 1.54) is 4.31 Å². The predicted molar refractivity (Wildman–Crippen MR) is 60.9 cm³/mol. The number of piperidine rings is 1. The standard InChI is InChI=1S/C9H21N3O2S/c1-3-7-12(2)15(13,14)11-9-5-4-6-10-8-9/h9-11H,3-8H2,1-2H3/t9-/m1/s1. The van der Waals surface area contributed by atoms with E-state index in [0.29, 0.717) is 6.54 Å². The number of hydrogen-bond donors (Lipinski definition) is 2. The first kappa shape index (κ1) is 12.9. The lowest BCUT2D eigenvalue weighted by Crippen LogP contribution is -2.49. The van der Waals surface area contributed by atoms with Crippen molar-refractivity contribution in [1.29, 1.82) is 0 Å². The highest BCUT2D eigenvalue weighted by molar-refractivity contribution is 7.87. The van der Waals surface area contributed by atoms with Crippen molar-refractivity contribution >= 4 is 10.2 Å². The molecule has 2 N–H and O–H groups in total. The summed E-state index contributed by atoms with van der Waals surface area (Å²) in [5, 5.41) is 3.18. The van der Waals surface area contributed by atoms with Crippen LogP contribution in [-0.4, -0.2) is 45.4 Å². The van der Waals surface area contributed by atoms with Crippen molar-refractivity contribution in [3.63, 3.8) is 0 Å². The second kappa shape index (κ2) is 5.79. The summed E-state index contributed by atoms with van der Waals surface area (Å²) in [6.45, 7) is 4.26. The van der Waals surface area contributed by atoms with Gasteiger partial charge in [0.1, 0.15) is 0 Å². The number of hydrogen-bond acceptors (Lipinski definition) is 3. The molecule has 1 saturated heterocycles. The summed E-state index contributed by atoms with van der Waals surface area (Å²) in [6.07, 6.45) is 2.79. The van der Waals surface area contributed by atoms with Gasteiger partial charge in [0.25, 0.3) is 10.2 Å². The van der Waals surface area contributed by atoms with Crippen molar-refractivity contribution in [3.8, 4) is 0 Å². The molecule has 0 spiro atoms. The monoisotopic (exact) mass is 235 g/mol. The van der Waals surface area contributed by atoms with Gasteiger partial charge >= 0.3 is 0 Å². The van der Waals surface area contributed by atoms with Gasteiger partial charge in [-0.1, -0.05) is 6.92 Å². The Kier molecular flexibility index (Phi) is 4.98. The fourth-order valence-corrected chi connectivity index (χ4v) is 2.91. The SMILES string of the molecule is CCCN(C)S(=O)(=O)N[C@@H]1CCCNC1. The van der Waals surface area contributed by atoms with E-state index >= 15 is 0 Å². The summed E-state index contributed by atoms with van der Waals surface area (Å²) >= 11 is 0. The molecule has 1 aliphatic rings. The maximum absolute atomic E-state index is 11.8. The second-order valence-corrected chi connectivity index (χ2v) is 5.80. The first-order chi connectivity index (χ1) is 7.06. The smallest absolute Gasteiger partial charge is 0.279 e. The van der Waals surface area contributed by atoms with Crippen LogP contribution in [0.3, 0.4) is 0 Å². The van der Waals surface area contributed by atoms with Crippen LogP contribution in [0.1, 0.15) is 26.2 Å². The third-order valence-electron chi connectivity index (χ3n) is 2.56. The molecule has 0 aromatic heterocycles. The van der Waals surface area contributed by atoms with Crippen molar-refractivity contribution in [3.05, 3.63) is 0 Å². The van der Waals surface area contributed by atoms with Gasteiger partial charge in [-0.2, -0.15) is 17.4 Å². The zero-order valence-electron chi connectivity index (χ0n) is 9.49. The van der Waals surface area contributed by atoms with Crippen LogP contribution in [0.15, 0.2) is 0 Å². The molecule has 90 valence electrons. The van der Waals surface area contributed by atoms with Crippen LogP contribution < -0.4 is 10.0 Å². The van der Waals surface area contributed by atoms with Crippen molar-refractivity contribution < 1.29 is 8.42 Å². The molecule has 0 aromatic rings. The summed E-state index contributed by atoms with van der Waals surface area (Å²) < 4.78 is 27.6. The van der Waals surface area contributed by atoms with Crippen LogP contribution in [0, 0.1) is 0 Å². The molecule has 0 radical (unpaired) electrons. The van der Waals surface area contributed by atoms with E-state index in [1.54, 1.807) is 7.05 Å². The Morgan fingerprint density at radius 3 is 2.80 bits per heavy atom. The van der Waals surface area contributed by atoms with Gasteiger partial charge in [0, 0.05) is 26.2 Å². The van der Waals surface area contributed by atoms with Crippen molar-refractivity contribution in [2.24, 2.45) is 0 Å². The van der Waals surface area contributed by atoms with Crippen LogP contribution in [0.5, 0.6) is 0 Å². The summed E-state index contributed by atoms with van der Waals surface area (Å²) in [4.78, 5) is 0. The van der Waals surface area contributed by atoms with Crippen LogP contribution in [0.2, 0.25) is 0 Å². The number of nitrogens with zero attached hydrogens (tertiary/aromatic N) is 1. The Bertz CT molecular complexity index is 273. The molecule has 6 heteroatoms. The average molecular weight is 235 g/mol. The molecule has 5 nitrogen and oxygen atoms in total. The summed E-state index contributed by atoms with van der Waals surface area (Å²) in [6, 6.07) is 0.0445. The first-order valence-corrected chi connectivity index (χ1v) is 6.94. The largest absolute Gasteiger partial charge is 0.315 e. The topological polar surface area (TPSA) is 61.4 Å². The van der Waals surface area contributed by atoms with Crippen molar-refractivity contribution in [2.45, 2.75) is 32.2 Å². The molecule has 0 aliphatic carbocycles. The van der Waals surface area contributed by atoms with Crippen molar-refractivity contribution in [2.75, 3.05) is 26.7 Å². The molecule has 0 aromatic carbocycles. The van der Waals surface area contributed by atoms with E-state index < -0.39 is 10.2 Å². The van der Waals surface area contributed by atoms with E-state index in [4.69, 9.17) is 0 Å². The summed E-state index contributed by atoms with van der Waals surface area (Å²) in [5.74, 6) is 0. The quantitative estimate of drug-likeness (QED) is 0.700. The molecule has 0 amide bonds. The third kappa shape index (κ3) is 4.06. The Labute approximate surface area is 92.4 Å². The van der Waals surface area contributed by atoms with Gasteiger partial charge in [-0.25, -0.2) is 0 Å².